The van der Waals surface area contributed by atoms with E-state index in [0.717, 1.165) is 19.6 Å². The van der Waals surface area contributed by atoms with E-state index in [0.29, 0.717) is 5.95 Å². The minimum Gasteiger partial charge on any atom is -0.394 e. The van der Waals surface area contributed by atoms with Crippen LogP contribution in [0.4, 0.5) is 5.95 Å². The van der Waals surface area contributed by atoms with Crippen molar-refractivity contribution in [1.29, 1.82) is 0 Å². The summed E-state index contributed by atoms with van der Waals surface area (Å²) in [5.41, 5.74) is 0. The number of aliphatic hydroxyl groups is 1. The van der Waals surface area contributed by atoms with Crippen molar-refractivity contribution in [1.82, 2.24) is 20.3 Å². The van der Waals surface area contributed by atoms with E-state index in [-0.39, 0.29) is 12.6 Å². The lowest BCUT2D eigenvalue weighted by atomic mass is 10.2. The molecule has 0 aromatic carbocycles. The van der Waals surface area contributed by atoms with Crippen LogP contribution in [0.25, 0.3) is 0 Å². The quantitative estimate of drug-likeness (QED) is 0.607. The number of nitrogens with one attached hydrogen (secondary N) is 1. The zero-order valence-corrected chi connectivity index (χ0v) is 7.80. The van der Waals surface area contributed by atoms with Gasteiger partial charge in [0.1, 0.15) is 12.7 Å². The van der Waals surface area contributed by atoms with E-state index in [1.165, 1.54) is 12.7 Å². The first-order chi connectivity index (χ1) is 6.92. The predicted octanol–water partition coefficient (Wildman–Crippen LogP) is -1.36. The van der Waals surface area contributed by atoms with Crippen LogP contribution in [-0.2, 0) is 0 Å². The average Bonchev–Trinajstić information content (AvgIpc) is 2.30. The van der Waals surface area contributed by atoms with Gasteiger partial charge in [0.2, 0.25) is 5.95 Å². The van der Waals surface area contributed by atoms with Crippen molar-refractivity contribution >= 4 is 5.95 Å². The molecule has 1 atom stereocenters. The number of anilines is 1. The van der Waals surface area contributed by atoms with Gasteiger partial charge in [-0.15, -0.1) is 0 Å². The fourth-order valence-corrected chi connectivity index (χ4v) is 1.57. The number of aromatic nitrogens is 3. The van der Waals surface area contributed by atoms with E-state index < -0.39 is 0 Å². The molecule has 0 amide bonds. The third kappa shape index (κ3) is 1.80. The molecule has 76 valence electrons. The SMILES string of the molecule is OC[C@H]1CNCCN1c1ncncn1. The van der Waals surface area contributed by atoms with Crippen LogP contribution >= 0.6 is 0 Å². The summed E-state index contributed by atoms with van der Waals surface area (Å²) in [4.78, 5) is 13.9. The second kappa shape index (κ2) is 4.30. The van der Waals surface area contributed by atoms with Gasteiger partial charge in [-0.3, -0.25) is 0 Å². The Hall–Kier alpha value is -1.27. The number of hydrogen-bond donors (Lipinski definition) is 2. The molecule has 1 aromatic heterocycles. The van der Waals surface area contributed by atoms with Crippen LogP contribution < -0.4 is 10.2 Å². The van der Waals surface area contributed by atoms with E-state index >= 15 is 0 Å². The van der Waals surface area contributed by atoms with Crippen LogP contribution in [0.3, 0.4) is 0 Å². The molecule has 1 aromatic rings. The number of aliphatic hydroxyl groups excluding tert-OH is 1. The number of nitrogens with zero attached hydrogens (tertiary/aromatic N) is 4. The number of rotatable bonds is 2. The lowest BCUT2D eigenvalue weighted by molar-refractivity contribution is 0.245. The van der Waals surface area contributed by atoms with Gasteiger partial charge in [0, 0.05) is 19.6 Å². The molecular formula is C8H13N5O. The van der Waals surface area contributed by atoms with Crippen molar-refractivity contribution < 1.29 is 5.11 Å². The van der Waals surface area contributed by atoms with Crippen LogP contribution in [0.1, 0.15) is 0 Å². The Morgan fingerprint density at radius 3 is 3.00 bits per heavy atom. The summed E-state index contributed by atoms with van der Waals surface area (Å²) in [6.07, 6.45) is 2.94. The smallest absolute Gasteiger partial charge is 0.228 e. The van der Waals surface area contributed by atoms with Gasteiger partial charge in [-0.25, -0.2) is 15.0 Å². The maximum Gasteiger partial charge on any atom is 0.228 e. The Balaban J connectivity index is 2.15. The van der Waals surface area contributed by atoms with Crippen LogP contribution in [0.5, 0.6) is 0 Å². The summed E-state index contributed by atoms with van der Waals surface area (Å²) in [5, 5.41) is 12.4. The Bertz CT molecular complexity index is 280. The van der Waals surface area contributed by atoms with Gasteiger partial charge in [0.25, 0.3) is 0 Å². The highest BCUT2D eigenvalue weighted by Gasteiger charge is 2.23. The van der Waals surface area contributed by atoms with E-state index in [2.05, 4.69) is 20.3 Å². The van der Waals surface area contributed by atoms with Crippen LogP contribution in [0.15, 0.2) is 12.7 Å². The Morgan fingerprint density at radius 2 is 2.29 bits per heavy atom. The molecule has 1 aliphatic heterocycles. The van der Waals surface area contributed by atoms with Gasteiger partial charge in [-0.05, 0) is 0 Å². The standard InChI is InChI=1S/C8H13N5O/c14-4-7-3-9-1-2-13(7)8-11-5-10-6-12-8/h5-7,9,14H,1-4H2/t7-/m1/s1. The Morgan fingerprint density at radius 1 is 1.50 bits per heavy atom. The summed E-state index contributed by atoms with van der Waals surface area (Å²) in [6, 6.07) is 0.0612. The minimum atomic E-state index is 0.0612. The summed E-state index contributed by atoms with van der Waals surface area (Å²) in [7, 11) is 0. The molecule has 14 heavy (non-hydrogen) atoms. The fourth-order valence-electron chi connectivity index (χ4n) is 1.57. The highest BCUT2D eigenvalue weighted by molar-refractivity contribution is 5.31. The maximum absolute atomic E-state index is 9.17. The van der Waals surface area contributed by atoms with Crippen molar-refractivity contribution in [3.05, 3.63) is 12.7 Å². The van der Waals surface area contributed by atoms with E-state index in [9.17, 15) is 0 Å². The van der Waals surface area contributed by atoms with Crippen molar-refractivity contribution in [3.8, 4) is 0 Å². The first-order valence-electron chi connectivity index (χ1n) is 4.62. The first-order valence-corrected chi connectivity index (χ1v) is 4.62. The topological polar surface area (TPSA) is 74.2 Å². The van der Waals surface area contributed by atoms with Gasteiger partial charge < -0.3 is 15.3 Å². The summed E-state index contributed by atoms with van der Waals surface area (Å²) in [6.45, 7) is 2.58. The van der Waals surface area contributed by atoms with Gasteiger partial charge in [-0.2, -0.15) is 0 Å². The molecular weight excluding hydrogens is 182 g/mol. The molecule has 0 unspecified atom stereocenters. The van der Waals surface area contributed by atoms with Gasteiger partial charge in [0.05, 0.1) is 12.6 Å². The molecule has 0 radical (unpaired) electrons. The van der Waals surface area contributed by atoms with E-state index in [1.807, 2.05) is 4.90 Å². The number of hydrogen-bond acceptors (Lipinski definition) is 6. The molecule has 1 fully saturated rings. The largest absolute Gasteiger partial charge is 0.394 e. The Labute approximate surface area is 82.0 Å². The van der Waals surface area contributed by atoms with Gasteiger partial charge in [-0.1, -0.05) is 0 Å². The molecule has 6 heteroatoms. The molecule has 2 N–H and O–H groups in total. The average molecular weight is 195 g/mol. The summed E-state index contributed by atoms with van der Waals surface area (Å²) in [5.74, 6) is 0.639. The summed E-state index contributed by atoms with van der Waals surface area (Å²) >= 11 is 0. The third-order valence-electron chi connectivity index (χ3n) is 2.30. The van der Waals surface area contributed by atoms with Gasteiger partial charge >= 0.3 is 0 Å². The van der Waals surface area contributed by atoms with Gasteiger partial charge in [0.15, 0.2) is 0 Å². The molecule has 0 spiro atoms. The maximum atomic E-state index is 9.17. The molecule has 1 saturated heterocycles. The monoisotopic (exact) mass is 195 g/mol. The second-order valence-electron chi connectivity index (χ2n) is 3.17. The highest BCUT2D eigenvalue weighted by Crippen LogP contribution is 2.10. The zero-order valence-electron chi connectivity index (χ0n) is 7.80. The first kappa shape index (κ1) is 9.29. The van der Waals surface area contributed by atoms with Crippen LogP contribution in [0.2, 0.25) is 0 Å². The van der Waals surface area contributed by atoms with Crippen molar-refractivity contribution in [2.24, 2.45) is 0 Å². The van der Waals surface area contributed by atoms with Crippen molar-refractivity contribution in [2.75, 3.05) is 31.1 Å². The highest BCUT2D eigenvalue weighted by atomic mass is 16.3. The lowest BCUT2D eigenvalue weighted by Crippen LogP contribution is -2.53. The van der Waals surface area contributed by atoms with Crippen molar-refractivity contribution in [3.63, 3.8) is 0 Å². The molecule has 0 bridgehead atoms. The molecule has 0 aliphatic carbocycles. The molecule has 6 nitrogen and oxygen atoms in total. The Kier molecular flexibility index (Phi) is 2.85. The lowest BCUT2D eigenvalue weighted by Gasteiger charge is -2.34. The van der Waals surface area contributed by atoms with E-state index in [4.69, 9.17) is 5.11 Å². The summed E-state index contributed by atoms with van der Waals surface area (Å²) < 4.78 is 0. The molecule has 0 saturated carbocycles. The van der Waals surface area contributed by atoms with Crippen molar-refractivity contribution in [2.45, 2.75) is 6.04 Å². The predicted molar refractivity (Wildman–Crippen MR) is 50.9 cm³/mol. The van der Waals surface area contributed by atoms with Crippen LogP contribution in [-0.4, -0.2) is 52.3 Å². The molecule has 2 rings (SSSR count). The molecule has 1 aliphatic rings. The third-order valence-corrected chi connectivity index (χ3v) is 2.30. The van der Waals surface area contributed by atoms with Crippen LogP contribution in [0, 0.1) is 0 Å². The van der Waals surface area contributed by atoms with E-state index in [1.54, 1.807) is 0 Å². The molecule has 2 heterocycles. The number of piperazine rings is 1. The normalized spacial score (nSPS) is 22.4. The zero-order chi connectivity index (χ0) is 9.80. The fraction of sp³-hybridized carbons (Fsp3) is 0.625. The minimum absolute atomic E-state index is 0.0612. The second-order valence-corrected chi connectivity index (χ2v) is 3.17.